The number of pyridine rings is 2. The van der Waals surface area contributed by atoms with Gasteiger partial charge in [0.05, 0.1) is 22.8 Å². The van der Waals surface area contributed by atoms with Crippen molar-refractivity contribution in [1.29, 1.82) is 0 Å². The average Bonchev–Trinajstić information content (AvgIpc) is 3.13. The number of imidazole rings is 1. The second kappa shape index (κ2) is 8.24. The summed E-state index contributed by atoms with van der Waals surface area (Å²) in [4.78, 5) is 21.9. The minimum atomic E-state index is -0.301. The first-order valence-corrected chi connectivity index (χ1v) is 12.0. The van der Waals surface area contributed by atoms with E-state index in [0.717, 1.165) is 30.4 Å². The Hall–Kier alpha value is -3.19. The first-order chi connectivity index (χ1) is 16.5. The molecule has 0 bridgehead atoms. The summed E-state index contributed by atoms with van der Waals surface area (Å²) in [6, 6.07) is 9.95. The molecule has 0 saturated heterocycles. The molecule has 1 amide bonds. The molecule has 0 aliphatic heterocycles. The number of amides is 1. The van der Waals surface area contributed by atoms with E-state index in [1.165, 1.54) is 12.1 Å². The lowest BCUT2D eigenvalue weighted by atomic mass is 9.93. The summed E-state index contributed by atoms with van der Waals surface area (Å²) in [5.41, 5.74) is 1.46. The molecular formula is C26H24ClFN4O2. The van der Waals surface area contributed by atoms with Gasteiger partial charge in [-0.25, -0.2) is 9.37 Å². The summed E-state index contributed by atoms with van der Waals surface area (Å²) < 4.78 is 21.8. The second-order valence-electron chi connectivity index (χ2n) is 9.33. The molecule has 3 heterocycles. The first kappa shape index (κ1) is 21.4. The van der Waals surface area contributed by atoms with E-state index in [2.05, 4.69) is 22.2 Å². The van der Waals surface area contributed by atoms with E-state index in [-0.39, 0.29) is 23.7 Å². The molecule has 2 fully saturated rings. The number of carbonyl (C=O) groups is 1. The summed E-state index contributed by atoms with van der Waals surface area (Å²) in [6.45, 7) is 2.06. The molecule has 3 aromatic heterocycles. The number of rotatable bonds is 6. The van der Waals surface area contributed by atoms with Crippen molar-refractivity contribution in [3.63, 3.8) is 0 Å². The van der Waals surface area contributed by atoms with Gasteiger partial charge in [-0.15, -0.1) is 0 Å². The predicted molar refractivity (Wildman–Crippen MR) is 128 cm³/mol. The number of fused-ring (bicyclic) bond motifs is 3. The SMILES string of the molecule is CCC(C(=O)Nc1cn2cc(Cl)ccc2n1)[C@H]1[C@@H]2C[C@@H](Oc3ccnc4ccc(F)cc34)C[C@@H]21. The number of hydrogen-bond acceptors (Lipinski definition) is 4. The van der Waals surface area contributed by atoms with Gasteiger partial charge < -0.3 is 14.5 Å². The predicted octanol–water partition coefficient (Wildman–Crippen LogP) is 5.74. The molecule has 2 aliphatic carbocycles. The van der Waals surface area contributed by atoms with Crippen molar-refractivity contribution >= 4 is 39.9 Å². The molecule has 0 spiro atoms. The minimum absolute atomic E-state index is 0.0180. The number of aromatic nitrogens is 3. The van der Waals surface area contributed by atoms with Crippen LogP contribution in [0.1, 0.15) is 26.2 Å². The largest absolute Gasteiger partial charge is 0.490 e. The van der Waals surface area contributed by atoms with E-state index >= 15 is 0 Å². The van der Waals surface area contributed by atoms with Crippen molar-refractivity contribution in [2.24, 2.45) is 23.7 Å². The Labute approximate surface area is 201 Å². The number of halogens is 2. The zero-order valence-electron chi connectivity index (χ0n) is 18.6. The molecule has 1 unspecified atom stereocenters. The van der Waals surface area contributed by atoms with Crippen LogP contribution in [0.25, 0.3) is 16.6 Å². The fourth-order valence-corrected chi connectivity index (χ4v) is 5.95. The Morgan fingerprint density at radius 2 is 2.06 bits per heavy atom. The van der Waals surface area contributed by atoms with Crippen molar-refractivity contribution in [1.82, 2.24) is 14.4 Å². The number of anilines is 1. The zero-order chi connectivity index (χ0) is 23.4. The number of hydrogen-bond donors (Lipinski definition) is 1. The molecule has 8 heteroatoms. The van der Waals surface area contributed by atoms with Crippen molar-refractivity contribution < 1.29 is 13.9 Å². The molecule has 2 aliphatic rings. The van der Waals surface area contributed by atoms with Crippen molar-refractivity contribution in [2.45, 2.75) is 32.3 Å². The number of benzene rings is 1. The number of carbonyl (C=O) groups excluding carboxylic acids is 1. The highest BCUT2D eigenvalue weighted by molar-refractivity contribution is 6.30. The summed E-state index contributed by atoms with van der Waals surface area (Å²) in [6.07, 6.45) is 7.91. The van der Waals surface area contributed by atoms with Gasteiger partial charge in [-0.1, -0.05) is 18.5 Å². The van der Waals surface area contributed by atoms with E-state index in [9.17, 15) is 9.18 Å². The normalized spacial score (nSPS) is 24.2. The summed E-state index contributed by atoms with van der Waals surface area (Å²) in [5, 5.41) is 4.31. The zero-order valence-corrected chi connectivity index (χ0v) is 19.4. The Morgan fingerprint density at radius 1 is 1.24 bits per heavy atom. The molecule has 6 rings (SSSR count). The lowest BCUT2D eigenvalue weighted by Gasteiger charge is -2.21. The molecule has 34 heavy (non-hydrogen) atoms. The van der Waals surface area contributed by atoms with Gasteiger partial charge in [0.2, 0.25) is 5.91 Å². The van der Waals surface area contributed by atoms with E-state index in [1.54, 1.807) is 41.2 Å². The Morgan fingerprint density at radius 3 is 2.85 bits per heavy atom. The molecule has 4 aromatic rings. The van der Waals surface area contributed by atoms with Crippen molar-refractivity contribution in [3.05, 3.63) is 65.8 Å². The highest BCUT2D eigenvalue weighted by Gasteiger charge is 2.60. The van der Waals surface area contributed by atoms with Gasteiger partial charge in [-0.3, -0.25) is 9.78 Å². The third-order valence-electron chi connectivity index (χ3n) is 7.33. The van der Waals surface area contributed by atoms with Crippen LogP contribution in [0.2, 0.25) is 5.02 Å². The maximum Gasteiger partial charge on any atom is 0.228 e. The fourth-order valence-electron chi connectivity index (χ4n) is 5.79. The number of nitrogens with zero attached hydrogens (tertiary/aromatic N) is 3. The fraction of sp³-hybridized carbons (Fsp3) is 0.346. The third-order valence-corrected chi connectivity index (χ3v) is 7.56. The van der Waals surface area contributed by atoms with Crippen LogP contribution in [0.15, 0.2) is 55.0 Å². The van der Waals surface area contributed by atoms with E-state index in [4.69, 9.17) is 16.3 Å². The minimum Gasteiger partial charge on any atom is -0.490 e. The first-order valence-electron chi connectivity index (χ1n) is 11.7. The highest BCUT2D eigenvalue weighted by Crippen LogP contribution is 2.62. The van der Waals surface area contributed by atoms with Gasteiger partial charge in [-0.2, -0.15) is 0 Å². The molecule has 174 valence electrons. The van der Waals surface area contributed by atoms with Gasteiger partial charge in [0, 0.05) is 23.7 Å². The van der Waals surface area contributed by atoms with Crippen LogP contribution in [0.5, 0.6) is 5.75 Å². The van der Waals surface area contributed by atoms with Gasteiger partial charge in [0.15, 0.2) is 5.82 Å². The number of nitrogens with one attached hydrogen (secondary N) is 1. The standard InChI is InChI=1S/C26H24ClFN4O2/c1-2-17(26(33)31-23-13-32-12-14(27)3-6-24(32)30-23)25-18-10-16(11-19(18)25)34-22-7-8-29-21-5-4-15(28)9-20(21)22/h3-9,12-13,16-19,25H,2,10-11H2,1H3,(H,31,33)/t16-,17?,18-,19+,25+. The van der Waals surface area contributed by atoms with Crippen LogP contribution in [0, 0.1) is 29.5 Å². The Bertz CT molecular complexity index is 1390. The number of ether oxygens (including phenoxy) is 1. The molecule has 1 N–H and O–H groups in total. The van der Waals surface area contributed by atoms with Crippen LogP contribution in [-0.2, 0) is 4.79 Å². The maximum atomic E-state index is 13.8. The van der Waals surface area contributed by atoms with Crippen LogP contribution in [0.3, 0.4) is 0 Å². The van der Waals surface area contributed by atoms with Crippen LogP contribution >= 0.6 is 11.6 Å². The van der Waals surface area contributed by atoms with Gasteiger partial charge in [0.25, 0.3) is 0 Å². The highest BCUT2D eigenvalue weighted by atomic mass is 35.5. The maximum absolute atomic E-state index is 13.8. The average molecular weight is 479 g/mol. The summed E-state index contributed by atoms with van der Waals surface area (Å²) in [5.74, 6) is 2.19. The lowest BCUT2D eigenvalue weighted by Crippen LogP contribution is -2.27. The third kappa shape index (κ3) is 3.78. The topological polar surface area (TPSA) is 68.5 Å². The molecule has 6 nitrogen and oxygen atoms in total. The van der Waals surface area contributed by atoms with Gasteiger partial charge in [-0.05, 0) is 73.4 Å². The van der Waals surface area contributed by atoms with Crippen LogP contribution in [-0.4, -0.2) is 26.4 Å². The monoisotopic (exact) mass is 478 g/mol. The smallest absolute Gasteiger partial charge is 0.228 e. The Kier molecular flexibility index (Phi) is 5.17. The van der Waals surface area contributed by atoms with Crippen molar-refractivity contribution in [2.75, 3.05) is 5.32 Å². The van der Waals surface area contributed by atoms with Crippen LogP contribution < -0.4 is 10.1 Å². The molecule has 1 aromatic carbocycles. The molecule has 0 radical (unpaired) electrons. The molecule has 5 atom stereocenters. The molecular weight excluding hydrogens is 455 g/mol. The summed E-state index contributed by atoms with van der Waals surface area (Å²) in [7, 11) is 0. The summed E-state index contributed by atoms with van der Waals surface area (Å²) >= 11 is 6.04. The van der Waals surface area contributed by atoms with E-state index < -0.39 is 0 Å². The van der Waals surface area contributed by atoms with Gasteiger partial charge in [0.1, 0.15) is 17.2 Å². The lowest BCUT2D eigenvalue weighted by molar-refractivity contribution is -0.121. The van der Waals surface area contributed by atoms with E-state index in [1.807, 2.05) is 6.07 Å². The van der Waals surface area contributed by atoms with Crippen molar-refractivity contribution in [3.8, 4) is 5.75 Å². The van der Waals surface area contributed by atoms with Crippen LogP contribution in [0.4, 0.5) is 10.2 Å². The van der Waals surface area contributed by atoms with Gasteiger partial charge >= 0.3 is 0 Å². The second-order valence-corrected chi connectivity index (χ2v) is 9.77. The van der Waals surface area contributed by atoms with E-state index in [0.29, 0.717) is 39.7 Å². The quantitative estimate of drug-likeness (QED) is 0.383. The Balaban J connectivity index is 1.10. The molecule has 2 saturated carbocycles.